The Morgan fingerprint density at radius 1 is 2.00 bits per heavy atom. The predicted molar refractivity (Wildman–Crippen MR) is 35.9 cm³/mol. The second kappa shape index (κ2) is 5.37. The summed E-state index contributed by atoms with van der Waals surface area (Å²) in [7, 11) is 0. The molecule has 0 heterocycles. The van der Waals surface area contributed by atoms with Gasteiger partial charge in [-0.3, -0.25) is 4.99 Å². The fraction of sp³-hybridized carbons (Fsp3) is 0.667. The molecule has 0 aliphatic carbocycles. The van der Waals surface area contributed by atoms with Crippen LogP contribution in [-0.4, -0.2) is 17.7 Å². The van der Waals surface area contributed by atoms with Crippen molar-refractivity contribution in [2.45, 2.75) is 0 Å². The van der Waals surface area contributed by atoms with Gasteiger partial charge in [-0.2, -0.15) is 12.6 Å². The first-order valence-electron chi connectivity index (χ1n) is 1.53. The number of hydrogen-bond donors (Lipinski definition) is 1. The van der Waals surface area contributed by atoms with Gasteiger partial charge in [0.25, 0.3) is 0 Å². The average molecular weight is 121 g/mol. The van der Waals surface area contributed by atoms with Crippen molar-refractivity contribution in [1.82, 2.24) is 0 Å². The van der Waals surface area contributed by atoms with Crippen molar-refractivity contribution in [1.29, 1.82) is 0 Å². The highest BCUT2D eigenvalue weighted by atomic mass is 32.2. The number of hydrogen-bond acceptors (Lipinski definition) is 3. The van der Waals surface area contributed by atoms with Crippen molar-refractivity contribution in [3.05, 3.63) is 0 Å². The first-order chi connectivity index (χ1) is 2.91. The molecule has 0 aromatic carbocycles. The zero-order valence-corrected chi connectivity index (χ0v) is 5.30. The van der Waals surface area contributed by atoms with Crippen LogP contribution in [0.1, 0.15) is 0 Å². The van der Waals surface area contributed by atoms with Crippen LogP contribution in [0.15, 0.2) is 4.99 Å². The molecule has 0 saturated heterocycles. The Morgan fingerprint density at radius 3 is 2.83 bits per heavy atom. The molecule has 0 rings (SSSR count). The number of thioether (sulfide) groups is 1. The summed E-state index contributed by atoms with van der Waals surface area (Å²) in [6.07, 6.45) is 1.97. The zero-order valence-electron chi connectivity index (χ0n) is 3.59. The summed E-state index contributed by atoms with van der Waals surface area (Å²) < 4.78 is 0. The maximum absolute atomic E-state index is 3.84. The van der Waals surface area contributed by atoms with E-state index in [1.54, 1.807) is 17.3 Å². The molecule has 0 aliphatic heterocycles. The van der Waals surface area contributed by atoms with Gasteiger partial charge < -0.3 is 0 Å². The van der Waals surface area contributed by atoms with Crippen molar-refractivity contribution in [2.24, 2.45) is 4.99 Å². The standard InChI is InChI=1S/C3H7NS2/c1-6-3-4-2-5/h3,5H,2H2,1H3/b4-3-. The summed E-state index contributed by atoms with van der Waals surface area (Å²) in [4.78, 5) is 3.79. The summed E-state index contributed by atoms with van der Waals surface area (Å²) in [6.45, 7) is 0. The lowest BCUT2D eigenvalue weighted by Gasteiger charge is -1.73. The summed E-state index contributed by atoms with van der Waals surface area (Å²) in [6, 6.07) is 0. The van der Waals surface area contributed by atoms with Crippen LogP contribution in [0.2, 0.25) is 0 Å². The highest BCUT2D eigenvalue weighted by Gasteiger charge is 1.60. The van der Waals surface area contributed by atoms with Gasteiger partial charge in [-0.25, -0.2) is 0 Å². The molecule has 0 spiro atoms. The molecule has 3 heteroatoms. The number of thiol groups is 1. The summed E-state index contributed by atoms with van der Waals surface area (Å²) >= 11 is 5.43. The Labute approximate surface area is 47.6 Å². The Balaban J connectivity index is 2.73. The van der Waals surface area contributed by atoms with Crippen molar-refractivity contribution in [2.75, 3.05) is 12.1 Å². The van der Waals surface area contributed by atoms with Crippen LogP contribution in [0.4, 0.5) is 0 Å². The van der Waals surface area contributed by atoms with Gasteiger partial charge in [0.15, 0.2) is 0 Å². The van der Waals surface area contributed by atoms with Crippen LogP contribution < -0.4 is 0 Å². The maximum atomic E-state index is 3.84. The van der Waals surface area contributed by atoms with Crippen LogP contribution in [0.25, 0.3) is 0 Å². The van der Waals surface area contributed by atoms with Gasteiger partial charge in [-0.15, -0.1) is 11.8 Å². The molecular formula is C3H7NS2. The van der Waals surface area contributed by atoms with E-state index in [-0.39, 0.29) is 0 Å². The lowest BCUT2D eigenvalue weighted by Crippen LogP contribution is -1.60. The van der Waals surface area contributed by atoms with Gasteiger partial charge in [-0.1, -0.05) is 0 Å². The molecule has 0 fully saturated rings. The lowest BCUT2D eigenvalue weighted by atomic mass is 11.4. The summed E-state index contributed by atoms with van der Waals surface area (Å²) in [5, 5.41) is 0. The van der Waals surface area contributed by atoms with Crippen LogP contribution >= 0.6 is 24.4 Å². The number of rotatable bonds is 2. The zero-order chi connectivity index (χ0) is 4.83. The second-order valence-corrected chi connectivity index (χ2v) is 1.63. The fourth-order valence-corrected chi connectivity index (χ4v) is 0.524. The largest absolute Gasteiger partial charge is 0.276 e. The van der Waals surface area contributed by atoms with Gasteiger partial charge in [-0.05, 0) is 6.26 Å². The first kappa shape index (κ1) is 6.37. The molecule has 0 aliphatic rings. The smallest absolute Gasteiger partial charge is 0.0821 e. The molecule has 0 radical (unpaired) electrons. The number of nitrogens with zero attached hydrogens (tertiary/aromatic N) is 1. The third-order valence-corrected chi connectivity index (χ3v) is 0.785. The molecule has 0 amide bonds. The van der Waals surface area contributed by atoms with Crippen LogP contribution in [0, 0.1) is 0 Å². The second-order valence-electron chi connectivity index (χ2n) is 0.665. The first-order valence-corrected chi connectivity index (χ1v) is 3.45. The molecule has 0 aromatic heterocycles. The van der Waals surface area contributed by atoms with Crippen LogP contribution in [0.5, 0.6) is 0 Å². The van der Waals surface area contributed by atoms with Crippen molar-refractivity contribution < 1.29 is 0 Å². The Morgan fingerprint density at radius 2 is 2.67 bits per heavy atom. The average Bonchev–Trinajstić information content (AvgIpc) is 1.61. The van der Waals surface area contributed by atoms with E-state index in [1.165, 1.54) is 0 Å². The minimum absolute atomic E-state index is 0.598. The Bertz CT molecular complexity index is 38.1. The van der Waals surface area contributed by atoms with Gasteiger partial charge in [0.05, 0.1) is 11.4 Å². The van der Waals surface area contributed by atoms with E-state index in [2.05, 4.69) is 17.6 Å². The maximum Gasteiger partial charge on any atom is 0.0821 e. The van der Waals surface area contributed by atoms with E-state index in [0.717, 1.165) is 0 Å². The molecule has 0 unspecified atom stereocenters. The number of aliphatic imine (C=N–C) groups is 1. The van der Waals surface area contributed by atoms with E-state index < -0.39 is 0 Å². The third kappa shape index (κ3) is 4.37. The molecule has 0 saturated carbocycles. The van der Waals surface area contributed by atoms with Gasteiger partial charge >= 0.3 is 0 Å². The topological polar surface area (TPSA) is 12.4 Å². The highest BCUT2D eigenvalue weighted by Crippen LogP contribution is 1.83. The monoisotopic (exact) mass is 121 g/mol. The molecule has 0 aromatic rings. The van der Waals surface area contributed by atoms with E-state index in [1.807, 2.05) is 6.26 Å². The Kier molecular flexibility index (Phi) is 5.70. The summed E-state index contributed by atoms with van der Waals surface area (Å²) in [5.41, 5.74) is 1.77. The molecule has 36 valence electrons. The molecular weight excluding hydrogens is 114 g/mol. The van der Waals surface area contributed by atoms with Crippen molar-refractivity contribution in [3.8, 4) is 0 Å². The minimum Gasteiger partial charge on any atom is -0.276 e. The van der Waals surface area contributed by atoms with Gasteiger partial charge in [0.1, 0.15) is 0 Å². The van der Waals surface area contributed by atoms with Crippen LogP contribution in [0.3, 0.4) is 0 Å². The molecule has 1 nitrogen and oxygen atoms in total. The third-order valence-electron chi connectivity index (χ3n) is 0.262. The molecule has 0 bridgehead atoms. The quantitative estimate of drug-likeness (QED) is 0.329. The molecule has 6 heavy (non-hydrogen) atoms. The minimum atomic E-state index is 0.598. The van der Waals surface area contributed by atoms with Crippen LogP contribution in [-0.2, 0) is 0 Å². The van der Waals surface area contributed by atoms with Crippen molar-refractivity contribution >= 4 is 29.9 Å². The van der Waals surface area contributed by atoms with E-state index in [4.69, 9.17) is 0 Å². The normalized spacial score (nSPS) is 10.3. The van der Waals surface area contributed by atoms with E-state index in [0.29, 0.717) is 5.88 Å². The van der Waals surface area contributed by atoms with E-state index in [9.17, 15) is 0 Å². The lowest BCUT2D eigenvalue weighted by molar-refractivity contribution is 1.42. The van der Waals surface area contributed by atoms with Gasteiger partial charge in [0.2, 0.25) is 0 Å². The summed E-state index contributed by atoms with van der Waals surface area (Å²) in [5.74, 6) is 0.598. The van der Waals surface area contributed by atoms with E-state index >= 15 is 0 Å². The SMILES string of the molecule is CS/C=N\CS. The van der Waals surface area contributed by atoms with Gasteiger partial charge in [0, 0.05) is 0 Å². The molecule has 0 atom stereocenters. The fourth-order valence-electron chi connectivity index (χ4n) is 0.108. The predicted octanol–water partition coefficient (Wildman–Crippen LogP) is 1.26. The Hall–Kier alpha value is 0.370. The highest BCUT2D eigenvalue weighted by molar-refractivity contribution is 8.11. The molecule has 0 N–H and O–H groups in total. The van der Waals surface area contributed by atoms with Crippen molar-refractivity contribution in [3.63, 3.8) is 0 Å².